The number of hydrogen-bond acceptors (Lipinski definition) is 3. The van der Waals surface area contributed by atoms with E-state index in [2.05, 4.69) is 6.08 Å². The van der Waals surface area contributed by atoms with Crippen molar-refractivity contribution in [2.75, 3.05) is 25.4 Å². The lowest BCUT2D eigenvalue weighted by atomic mass is 9.99. The van der Waals surface area contributed by atoms with Gasteiger partial charge in [0.05, 0.1) is 11.7 Å². The van der Waals surface area contributed by atoms with Crippen molar-refractivity contribution in [3.05, 3.63) is 71.6 Å². The minimum atomic E-state index is -0.228. The van der Waals surface area contributed by atoms with Crippen molar-refractivity contribution < 1.29 is 13.9 Å². The van der Waals surface area contributed by atoms with E-state index in [-0.39, 0.29) is 11.7 Å². The van der Waals surface area contributed by atoms with Gasteiger partial charge in [0.25, 0.3) is 5.91 Å². The van der Waals surface area contributed by atoms with Gasteiger partial charge in [-0.3, -0.25) is 4.79 Å². The fraction of sp³-hybridized carbons (Fsp3) is 0.348. The van der Waals surface area contributed by atoms with Gasteiger partial charge < -0.3 is 9.64 Å². The number of benzene rings is 2. The first kappa shape index (κ1) is 19.2. The molecule has 2 heterocycles. The molecule has 1 amide bonds. The maximum absolute atomic E-state index is 13.1. The number of carbonyl (C=O) groups excluding carboxylic acids is 1. The van der Waals surface area contributed by atoms with Crippen LogP contribution in [-0.2, 0) is 4.74 Å². The maximum atomic E-state index is 13.1. The molecule has 3 nitrogen and oxygen atoms in total. The van der Waals surface area contributed by atoms with Crippen molar-refractivity contribution in [1.82, 2.24) is 4.90 Å². The highest BCUT2D eigenvalue weighted by Gasteiger charge is 2.23. The Labute approximate surface area is 169 Å². The molecule has 5 heteroatoms. The number of halogens is 1. The summed E-state index contributed by atoms with van der Waals surface area (Å²) in [6, 6.07) is 14.4. The molecule has 0 spiro atoms. The molecule has 0 saturated carbocycles. The first-order chi connectivity index (χ1) is 13.7. The summed E-state index contributed by atoms with van der Waals surface area (Å²) in [5.74, 6) is 0.734. The first-order valence-electron chi connectivity index (χ1n) is 9.78. The lowest BCUT2D eigenvalue weighted by Crippen LogP contribution is -2.35. The van der Waals surface area contributed by atoms with Crippen molar-refractivity contribution in [2.45, 2.75) is 30.3 Å². The van der Waals surface area contributed by atoms with Gasteiger partial charge in [-0.05, 0) is 54.7 Å². The molecule has 2 aliphatic rings. The van der Waals surface area contributed by atoms with Crippen LogP contribution in [0.2, 0.25) is 0 Å². The van der Waals surface area contributed by atoms with Gasteiger partial charge in [0.2, 0.25) is 0 Å². The molecule has 1 unspecified atom stereocenters. The van der Waals surface area contributed by atoms with Crippen molar-refractivity contribution in [1.29, 1.82) is 0 Å². The molecule has 146 valence electrons. The Balaban J connectivity index is 1.43. The predicted molar refractivity (Wildman–Crippen MR) is 111 cm³/mol. The van der Waals surface area contributed by atoms with E-state index in [1.54, 1.807) is 23.9 Å². The van der Waals surface area contributed by atoms with Crippen LogP contribution in [0.15, 0.2) is 59.5 Å². The summed E-state index contributed by atoms with van der Waals surface area (Å²) in [6.45, 7) is 2.10. The van der Waals surface area contributed by atoms with E-state index in [0.717, 1.165) is 47.6 Å². The van der Waals surface area contributed by atoms with Gasteiger partial charge in [-0.2, -0.15) is 0 Å². The molecule has 1 fully saturated rings. The molecule has 28 heavy (non-hydrogen) atoms. The fourth-order valence-corrected chi connectivity index (χ4v) is 4.79. The summed E-state index contributed by atoms with van der Waals surface area (Å²) >= 11 is 1.71. The first-order valence-corrected chi connectivity index (χ1v) is 10.8. The highest BCUT2D eigenvalue weighted by atomic mass is 32.2. The molecule has 2 aromatic rings. The monoisotopic (exact) mass is 397 g/mol. The van der Waals surface area contributed by atoms with Gasteiger partial charge >= 0.3 is 0 Å². The average Bonchev–Trinajstić information content (AvgIpc) is 3.26. The summed E-state index contributed by atoms with van der Waals surface area (Å²) in [5, 5.41) is 0. The van der Waals surface area contributed by atoms with Crippen molar-refractivity contribution >= 4 is 23.2 Å². The predicted octanol–water partition coefficient (Wildman–Crippen LogP) is 5.03. The summed E-state index contributed by atoms with van der Waals surface area (Å²) in [6.07, 6.45) is 5.39. The molecular weight excluding hydrogens is 373 g/mol. The van der Waals surface area contributed by atoms with Crippen molar-refractivity contribution in [2.24, 2.45) is 0 Å². The van der Waals surface area contributed by atoms with Crippen LogP contribution in [0.5, 0.6) is 0 Å². The molecule has 2 aromatic carbocycles. The number of ether oxygens (including phenoxy) is 1. The third-order valence-electron chi connectivity index (χ3n) is 5.28. The zero-order valence-corrected chi connectivity index (χ0v) is 16.6. The second-order valence-electron chi connectivity index (χ2n) is 7.18. The number of nitrogens with zero attached hydrogens (tertiary/aromatic N) is 1. The van der Waals surface area contributed by atoms with E-state index in [0.29, 0.717) is 19.2 Å². The maximum Gasteiger partial charge on any atom is 0.255 e. The Bertz CT molecular complexity index is 859. The Morgan fingerprint density at radius 2 is 2.00 bits per heavy atom. The molecule has 2 aliphatic heterocycles. The Morgan fingerprint density at radius 1 is 1.18 bits per heavy atom. The topological polar surface area (TPSA) is 29.5 Å². The van der Waals surface area contributed by atoms with Gasteiger partial charge in [0.1, 0.15) is 5.82 Å². The molecule has 4 rings (SSSR count). The zero-order valence-electron chi connectivity index (χ0n) is 15.8. The smallest absolute Gasteiger partial charge is 0.255 e. The summed E-state index contributed by atoms with van der Waals surface area (Å²) in [7, 11) is 0. The van der Waals surface area contributed by atoms with Crippen LogP contribution in [0.4, 0.5) is 4.39 Å². The van der Waals surface area contributed by atoms with Crippen LogP contribution in [0.1, 0.15) is 35.2 Å². The van der Waals surface area contributed by atoms with E-state index in [1.807, 2.05) is 29.2 Å². The SMILES string of the molecule is O=C(c1ccccc1SCC1CCCO1)N1CC=C(c2ccc(F)cc2)CC1. The van der Waals surface area contributed by atoms with E-state index in [9.17, 15) is 9.18 Å². The van der Waals surface area contributed by atoms with Crippen LogP contribution in [0, 0.1) is 5.82 Å². The van der Waals surface area contributed by atoms with Gasteiger partial charge in [-0.15, -0.1) is 11.8 Å². The zero-order chi connectivity index (χ0) is 19.3. The molecule has 0 radical (unpaired) electrons. The highest BCUT2D eigenvalue weighted by molar-refractivity contribution is 7.99. The van der Waals surface area contributed by atoms with E-state index < -0.39 is 0 Å². The minimum absolute atomic E-state index is 0.0739. The number of rotatable bonds is 5. The number of amides is 1. The molecule has 1 saturated heterocycles. The van der Waals surface area contributed by atoms with E-state index in [1.165, 1.54) is 17.7 Å². The molecule has 0 aliphatic carbocycles. The number of hydrogen-bond donors (Lipinski definition) is 0. The summed E-state index contributed by atoms with van der Waals surface area (Å²) in [5.41, 5.74) is 2.97. The van der Waals surface area contributed by atoms with Gasteiger partial charge in [-0.25, -0.2) is 4.39 Å². The largest absolute Gasteiger partial charge is 0.377 e. The van der Waals surface area contributed by atoms with Crippen LogP contribution in [0.3, 0.4) is 0 Å². The Kier molecular flexibility index (Phi) is 6.13. The number of carbonyl (C=O) groups is 1. The van der Waals surface area contributed by atoms with Crippen LogP contribution in [0.25, 0.3) is 5.57 Å². The Morgan fingerprint density at radius 3 is 2.71 bits per heavy atom. The standard InChI is InChI=1S/C23H24FNO2S/c24-19-9-7-17(8-10-19)18-11-13-25(14-12-18)23(26)21-5-1-2-6-22(21)28-16-20-4-3-15-27-20/h1-2,5-11,20H,3-4,12-16H2. The summed E-state index contributed by atoms with van der Waals surface area (Å²) in [4.78, 5) is 16.0. The second-order valence-corrected chi connectivity index (χ2v) is 8.24. The average molecular weight is 398 g/mol. The van der Waals surface area contributed by atoms with E-state index in [4.69, 9.17) is 4.74 Å². The molecule has 0 N–H and O–H groups in total. The van der Waals surface area contributed by atoms with Gasteiger partial charge in [0.15, 0.2) is 0 Å². The third kappa shape index (κ3) is 4.47. The third-order valence-corrected chi connectivity index (χ3v) is 6.48. The van der Waals surface area contributed by atoms with Crippen LogP contribution in [-0.4, -0.2) is 42.4 Å². The Hall–Kier alpha value is -2.11. The van der Waals surface area contributed by atoms with Gasteiger partial charge in [0, 0.05) is 30.3 Å². The minimum Gasteiger partial charge on any atom is -0.377 e. The van der Waals surface area contributed by atoms with Crippen molar-refractivity contribution in [3.63, 3.8) is 0 Å². The lowest BCUT2D eigenvalue weighted by Gasteiger charge is -2.27. The van der Waals surface area contributed by atoms with Crippen LogP contribution < -0.4 is 0 Å². The van der Waals surface area contributed by atoms with E-state index >= 15 is 0 Å². The molecular formula is C23H24FNO2S. The molecule has 0 bridgehead atoms. The highest BCUT2D eigenvalue weighted by Crippen LogP contribution is 2.29. The molecule has 0 aromatic heterocycles. The second kappa shape index (κ2) is 8.93. The fourth-order valence-electron chi connectivity index (χ4n) is 3.68. The van der Waals surface area contributed by atoms with Gasteiger partial charge in [-0.1, -0.05) is 30.3 Å². The van der Waals surface area contributed by atoms with Crippen molar-refractivity contribution in [3.8, 4) is 0 Å². The normalized spacial score (nSPS) is 19.5. The van der Waals surface area contributed by atoms with Crippen LogP contribution >= 0.6 is 11.8 Å². The molecule has 1 atom stereocenters. The lowest BCUT2D eigenvalue weighted by molar-refractivity contribution is 0.0769. The number of thioether (sulfide) groups is 1. The quantitative estimate of drug-likeness (QED) is 0.663. The summed E-state index contributed by atoms with van der Waals surface area (Å²) < 4.78 is 18.8.